The van der Waals surface area contributed by atoms with Gasteiger partial charge in [-0.2, -0.15) is 0 Å². The van der Waals surface area contributed by atoms with E-state index in [1.54, 1.807) is 6.92 Å². The maximum absolute atomic E-state index is 13.6. The van der Waals surface area contributed by atoms with Crippen molar-refractivity contribution in [3.63, 3.8) is 0 Å². The first-order valence-corrected chi connectivity index (χ1v) is 11.7. The fraction of sp³-hybridized carbons (Fsp3) is 0.625. The van der Waals surface area contributed by atoms with Gasteiger partial charge in [-0.15, -0.1) is 0 Å². The molecule has 2 bridgehead atoms. The molecule has 0 unspecified atom stereocenters. The predicted octanol–water partition coefficient (Wildman–Crippen LogP) is 1.94. The molecule has 4 heterocycles. The summed E-state index contributed by atoms with van der Waals surface area (Å²) < 4.78 is 10.9. The van der Waals surface area contributed by atoms with E-state index in [0.29, 0.717) is 6.79 Å². The molecule has 4 aliphatic rings. The Morgan fingerprint density at radius 3 is 2.48 bits per heavy atom. The fourth-order valence-electron chi connectivity index (χ4n) is 6.14. The van der Waals surface area contributed by atoms with E-state index in [-0.39, 0.29) is 35.8 Å². The fourth-order valence-corrected chi connectivity index (χ4v) is 6.14. The maximum atomic E-state index is 13.6. The molecule has 0 spiro atoms. The topological polar surface area (TPSA) is 99.6 Å². The van der Waals surface area contributed by atoms with Gasteiger partial charge >= 0.3 is 0 Å². The summed E-state index contributed by atoms with van der Waals surface area (Å²) in [4.78, 5) is 40.6. The summed E-state index contributed by atoms with van der Waals surface area (Å²) in [6, 6.07) is 6.45. The molecule has 5 rings (SSSR count). The Labute approximate surface area is 194 Å². The molecule has 2 amide bonds. The Balaban J connectivity index is 0.000000821. The van der Waals surface area contributed by atoms with Crippen molar-refractivity contribution >= 4 is 18.3 Å². The van der Waals surface area contributed by atoms with Gasteiger partial charge in [-0.05, 0) is 43.4 Å². The van der Waals surface area contributed by atoms with Crippen LogP contribution in [0.1, 0.15) is 45.1 Å². The number of benzene rings is 1. The summed E-state index contributed by atoms with van der Waals surface area (Å²) >= 11 is 0. The molecule has 33 heavy (non-hydrogen) atoms. The number of carboxylic acid groups (broad SMARTS) is 1. The van der Waals surface area contributed by atoms with E-state index in [1.807, 2.05) is 11.0 Å². The summed E-state index contributed by atoms with van der Waals surface area (Å²) in [6.45, 7) is 7.89. The molecule has 1 N–H and O–H groups in total. The first kappa shape index (κ1) is 23.4. The molecule has 3 atom stereocenters. The van der Waals surface area contributed by atoms with Gasteiger partial charge in [0.25, 0.3) is 6.47 Å². The van der Waals surface area contributed by atoms with Crippen LogP contribution in [0.5, 0.6) is 11.5 Å². The Kier molecular flexibility index (Phi) is 6.78. The number of rotatable bonds is 4. The van der Waals surface area contributed by atoms with Gasteiger partial charge in [-0.3, -0.25) is 19.3 Å². The first-order valence-electron chi connectivity index (χ1n) is 11.7. The van der Waals surface area contributed by atoms with Crippen molar-refractivity contribution in [2.75, 3.05) is 33.0 Å². The van der Waals surface area contributed by atoms with E-state index >= 15 is 0 Å². The van der Waals surface area contributed by atoms with E-state index in [2.05, 4.69) is 28.9 Å². The van der Waals surface area contributed by atoms with Gasteiger partial charge in [-0.25, -0.2) is 0 Å². The van der Waals surface area contributed by atoms with Crippen LogP contribution < -0.4 is 9.47 Å². The molecule has 0 saturated carbocycles. The Bertz CT molecular complexity index is 900. The third kappa shape index (κ3) is 4.26. The van der Waals surface area contributed by atoms with Crippen molar-refractivity contribution < 1.29 is 29.0 Å². The number of hydrogen-bond acceptors (Lipinski definition) is 6. The lowest BCUT2D eigenvalue weighted by Crippen LogP contribution is -2.56. The van der Waals surface area contributed by atoms with Crippen molar-refractivity contribution in [1.82, 2.24) is 14.7 Å². The lowest BCUT2D eigenvalue weighted by Gasteiger charge is -2.42. The third-order valence-electron chi connectivity index (χ3n) is 7.66. The van der Waals surface area contributed by atoms with E-state index in [4.69, 9.17) is 19.4 Å². The zero-order valence-electron chi connectivity index (χ0n) is 19.4. The van der Waals surface area contributed by atoms with Gasteiger partial charge in [-0.1, -0.05) is 13.0 Å². The van der Waals surface area contributed by atoms with Gasteiger partial charge in [0.05, 0.1) is 5.41 Å². The lowest BCUT2D eigenvalue weighted by molar-refractivity contribution is -0.147. The molecule has 3 fully saturated rings. The number of ether oxygens (including phenoxy) is 2. The molecule has 9 heteroatoms. The SMILES string of the molecule is CC[C@]1(C(=O)N2CCN(Cc3ccc4c(c3)OCO4)CC2)C[C@H]2CC[C@@H]1N2C(C)=O.O=CO. The molecule has 0 aliphatic carbocycles. The van der Waals surface area contributed by atoms with Crippen LogP contribution in [0.15, 0.2) is 18.2 Å². The highest BCUT2D eigenvalue weighted by atomic mass is 16.7. The number of carbonyl (C=O) groups excluding carboxylic acids is 2. The highest BCUT2D eigenvalue weighted by Gasteiger charge is 2.60. The van der Waals surface area contributed by atoms with Crippen molar-refractivity contribution in [3.05, 3.63) is 23.8 Å². The van der Waals surface area contributed by atoms with Crippen LogP contribution in [0.3, 0.4) is 0 Å². The average molecular weight is 460 g/mol. The summed E-state index contributed by atoms with van der Waals surface area (Å²) in [5, 5.41) is 6.89. The highest BCUT2D eigenvalue weighted by molar-refractivity contribution is 5.86. The van der Waals surface area contributed by atoms with E-state index < -0.39 is 0 Å². The van der Waals surface area contributed by atoms with E-state index in [1.165, 1.54) is 5.56 Å². The lowest BCUT2D eigenvalue weighted by atomic mass is 9.70. The molecule has 1 aromatic rings. The summed E-state index contributed by atoms with van der Waals surface area (Å²) in [5.74, 6) is 2.02. The van der Waals surface area contributed by atoms with Gasteiger partial charge in [0.15, 0.2) is 11.5 Å². The van der Waals surface area contributed by atoms with Crippen molar-refractivity contribution in [2.24, 2.45) is 5.41 Å². The van der Waals surface area contributed by atoms with E-state index in [0.717, 1.165) is 69.9 Å². The average Bonchev–Trinajstić information content (AvgIpc) is 3.53. The van der Waals surface area contributed by atoms with Crippen LogP contribution in [0.25, 0.3) is 0 Å². The second-order valence-electron chi connectivity index (χ2n) is 9.25. The number of piperazine rings is 1. The zero-order valence-corrected chi connectivity index (χ0v) is 19.4. The smallest absolute Gasteiger partial charge is 0.290 e. The quantitative estimate of drug-likeness (QED) is 0.687. The molecule has 3 saturated heterocycles. The van der Waals surface area contributed by atoms with Crippen LogP contribution >= 0.6 is 0 Å². The number of nitrogens with zero attached hydrogens (tertiary/aromatic N) is 3. The minimum atomic E-state index is -0.381. The highest BCUT2D eigenvalue weighted by Crippen LogP contribution is 2.52. The monoisotopic (exact) mass is 459 g/mol. The van der Waals surface area contributed by atoms with Crippen LogP contribution in [0, 0.1) is 5.41 Å². The predicted molar refractivity (Wildman–Crippen MR) is 120 cm³/mol. The summed E-state index contributed by atoms with van der Waals surface area (Å²) in [5.41, 5.74) is 0.822. The Morgan fingerprint density at radius 1 is 1.15 bits per heavy atom. The van der Waals surface area contributed by atoms with Crippen molar-refractivity contribution in [1.29, 1.82) is 0 Å². The number of carbonyl (C=O) groups is 3. The molecule has 4 aliphatic heterocycles. The van der Waals surface area contributed by atoms with Crippen LogP contribution in [0.4, 0.5) is 0 Å². The van der Waals surface area contributed by atoms with Gasteiger partial charge in [0, 0.05) is 51.7 Å². The summed E-state index contributed by atoms with van der Waals surface area (Å²) in [6.07, 6.45) is 3.66. The molecule has 0 radical (unpaired) electrons. The first-order chi connectivity index (χ1) is 15.9. The maximum Gasteiger partial charge on any atom is 0.290 e. The normalized spacial score (nSPS) is 27.8. The van der Waals surface area contributed by atoms with Crippen molar-refractivity contribution in [3.8, 4) is 11.5 Å². The van der Waals surface area contributed by atoms with Crippen LogP contribution in [-0.4, -0.2) is 83.1 Å². The van der Waals surface area contributed by atoms with Gasteiger partial charge < -0.3 is 24.4 Å². The minimum absolute atomic E-state index is 0.0872. The standard InChI is InChI=1S/C23H31N3O4.CH2O2/c1-3-23(13-18-5-7-21(23)26(18)16(2)27)22(28)25-10-8-24(9-11-25)14-17-4-6-19-20(12-17)30-15-29-19;2-1-3/h4,6,12,18,21H,3,5,7-11,13-15H2,1-2H3;1H,(H,2,3)/t18-,21+,23+;/m1./s1. The second kappa shape index (κ2) is 9.59. The zero-order chi connectivity index (χ0) is 23.6. The molecular weight excluding hydrogens is 426 g/mol. The second-order valence-corrected chi connectivity index (χ2v) is 9.25. The molecule has 9 nitrogen and oxygen atoms in total. The largest absolute Gasteiger partial charge is 0.483 e. The van der Waals surface area contributed by atoms with Gasteiger partial charge in [0.1, 0.15) is 0 Å². The molecule has 1 aromatic carbocycles. The molecular formula is C24H33N3O6. The summed E-state index contributed by atoms with van der Waals surface area (Å²) in [7, 11) is 0. The van der Waals surface area contributed by atoms with E-state index in [9.17, 15) is 9.59 Å². The molecule has 0 aromatic heterocycles. The van der Waals surface area contributed by atoms with Crippen molar-refractivity contribution in [2.45, 2.75) is 58.2 Å². The van der Waals surface area contributed by atoms with Crippen LogP contribution in [0.2, 0.25) is 0 Å². The Morgan fingerprint density at radius 2 is 1.85 bits per heavy atom. The number of hydrogen-bond donors (Lipinski definition) is 1. The minimum Gasteiger partial charge on any atom is -0.483 e. The Hall–Kier alpha value is -2.81. The molecule has 180 valence electrons. The van der Waals surface area contributed by atoms with Gasteiger partial charge in [0.2, 0.25) is 18.6 Å². The number of fused-ring (bicyclic) bond motifs is 3. The third-order valence-corrected chi connectivity index (χ3v) is 7.66. The van der Waals surface area contributed by atoms with Crippen LogP contribution in [-0.2, 0) is 20.9 Å². The number of amides is 2.